The lowest BCUT2D eigenvalue weighted by molar-refractivity contribution is -0.116. The molecule has 0 unspecified atom stereocenters. The van der Waals surface area contributed by atoms with Crippen LogP contribution in [0.2, 0.25) is 0 Å². The summed E-state index contributed by atoms with van der Waals surface area (Å²) < 4.78 is 6.45. The SMILES string of the molecule is COc1cccc(NC(=O)Cn2cnc(C(=O)O)c2)c1. The maximum Gasteiger partial charge on any atom is 0.356 e. The van der Waals surface area contributed by atoms with Crippen LogP contribution in [0.4, 0.5) is 5.69 Å². The number of carboxylic acid groups (broad SMARTS) is 1. The molecule has 0 aliphatic heterocycles. The monoisotopic (exact) mass is 275 g/mol. The summed E-state index contributed by atoms with van der Waals surface area (Å²) in [4.78, 5) is 26.2. The summed E-state index contributed by atoms with van der Waals surface area (Å²) >= 11 is 0. The molecule has 0 spiro atoms. The van der Waals surface area contributed by atoms with Crippen molar-refractivity contribution in [2.75, 3.05) is 12.4 Å². The molecule has 0 aliphatic rings. The molecule has 0 atom stereocenters. The van der Waals surface area contributed by atoms with Gasteiger partial charge in [-0.3, -0.25) is 4.79 Å². The number of carbonyl (C=O) groups is 2. The average Bonchev–Trinajstić information content (AvgIpc) is 2.87. The molecule has 1 aromatic carbocycles. The second-order valence-electron chi connectivity index (χ2n) is 4.02. The second-order valence-corrected chi connectivity index (χ2v) is 4.02. The van der Waals surface area contributed by atoms with E-state index in [9.17, 15) is 9.59 Å². The quantitative estimate of drug-likeness (QED) is 0.856. The van der Waals surface area contributed by atoms with Crippen LogP contribution >= 0.6 is 0 Å². The fourth-order valence-electron chi connectivity index (χ4n) is 1.62. The molecular formula is C13H13N3O4. The van der Waals surface area contributed by atoms with Crippen LogP contribution in [0, 0.1) is 0 Å². The Bertz CT molecular complexity index is 636. The predicted molar refractivity (Wildman–Crippen MR) is 70.8 cm³/mol. The predicted octanol–water partition coefficient (Wildman–Crippen LogP) is 1.23. The standard InChI is InChI=1S/C13H13N3O4/c1-20-10-4-2-3-9(5-10)15-12(17)7-16-6-11(13(18)19)14-8-16/h2-6,8H,7H2,1H3,(H,15,17)(H,18,19). The van der Waals surface area contributed by atoms with Crippen molar-refractivity contribution in [3.8, 4) is 5.75 Å². The van der Waals surface area contributed by atoms with Gasteiger partial charge >= 0.3 is 5.97 Å². The maximum absolute atomic E-state index is 11.8. The van der Waals surface area contributed by atoms with Crippen LogP contribution in [0.5, 0.6) is 5.75 Å². The van der Waals surface area contributed by atoms with E-state index in [-0.39, 0.29) is 18.1 Å². The van der Waals surface area contributed by atoms with Crippen LogP contribution in [0.15, 0.2) is 36.8 Å². The lowest BCUT2D eigenvalue weighted by Gasteiger charge is -2.07. The van der Waals surface area contributed by atoms with Crippen molar-refractivity contribution in [3.63, 3.8) is 0 Å². The van der Waals surface area contributed by atoms with E-state index in [1.807, 2.05) is 0 Å². The number of benzene rings is 1. The van der Waals surface area contributed by atoms with Crippen LogP contribution in [-0.2, 0) is 11.3 Å². The summed E-state index contributed by atoms with van der Waals surface area (Å²) in [5.74, 6) is -0.775. The Morgan fingerprint density at radius 3 is 2.90 bits per heavy atom. The first-order valence-electron chi connectivity index (χ1n) is 5.77. The molecule has 0 saturated carbocycles. The third-order valence-electron chi connectivity index (χ3n) is 2.53. The van der Waals surface area contributed by atoms with Crippen LogP contribution in [0.3, 0.4) is 0 Å². The van der Waals surface area contributed by atoms with E-state index in [1.165, 1.54) is 17.1 Å². The van der Waals surface area contributed by atoms with Gasteiger partial charge in [0.15, 0.2) is 5.69 Å². The highest BCUT2D eigenvalue weighted by atomic mass is 16.5. The maximum atomic E-state index is 11.8. The first kappa shape index (κ1) is 13.6. The van der Waals surface area contributed by atoms with Crippen molar-refractivity contribution in [2.45, 2.75) is 6.54 Å². The number of aromatic nitrogens is 2. The highest BCUT2D eigenvalue weighted by Crippen LogP contribution is 2.16. The zero-order chi connectivity index (χ0) is 14.5. The number of nitrogens with zero attached hydrogens (tertiary/aromatic N) is 2. The van der Waals surface area contributed by atoms with Gasteiger partial charge in [0.1, 0.15) is 12.3 Å². The normalized spacial score (nSPS) is 10.1. The summed E-state index contributed by atoms with van der Waals surface area (Å²) in [6.07, 6.45) is 2.60. The number of carboxylic acids is 1. The van der Waals surface area contributed by atoms with Gasteiger partial charge in [0.05, 0.1) is 13.4 Å². The van der Waals surface area contributed by atoms with Crippen LogP contribution in [0.25, 0.3) is 0 Å². The molecule has 0 radical (unpaired) electrons. The van der Waals surface area contributed by atoms with Gasteiger partial charge < -0.3 is 19.7 Å². The summed E-state index contributed by atoms with van der Waals surface area (Å²) in [5, 5.41) is 11.4. The molecule has 20 heavy (non-hydrogen) atoms. The Labute approximate surface area is 114 Å². The minimum Gasteiger partial charge on any atom is -0.497 e. The molecule has 1 heterocycles. The van der Waals surface area contributed by atoms with Gasteiger partial charge in [-0.15, -0.1) is 0 Å². The van der Waals surface area contributed by atoms with Crippen molar-refractivity contribution < 1.29 is 19.4 Å². The molecule has 0 bridgehead atoms. The minimum absolute atomic E-state index is 0.0164. The molecule has 2 rings (SSSR count). The van der Waals surface area contributed by atoms with Gasteiger partial charge in [0.25, 0.3) is 0 Å². The number of hydrogen-bond acceptors (Lipinski definition) is 4. The number of amides is 1. The Morgan fingerprint density at radius 2 is 2.25 bits per heavy atom. The molecule has 7 nitrogen and oxygen atoms in total. The third kappa shape index (κ3) is 3.35. The molecular weight excluding hydrogens is 262 g/mol. The number of aromatic carboxylic acids is 1. The van der Waals surface area contributed by atoms with Gasteiger partial charge in [-0.05, 0) is 12.1 Å². The third-order valence-corrected chi connectivity index (χ3v) is 2.53. The topological polar surface area (TPSA) is 93.5 Å². The van der Waals surface area contributed by atoms with Crippen molar-refractivity contribution in [1.29, 1.82) is 0 Å². The molecule has 1 amide bonds. The summed E-state index contributed by atoms with van der Waals surface area (Å²) in [6, 6.07) is 6.95. The van der Waals surface area contributed by atoms with Gasteiger partial charge in [0, 0.05) is 18.0 Å². The number of carbonyl (C=O) groups excluding carboxylic acids is 1. The van der Waals surface area contributed by atoms with E-state index in [0.29, 0.717) is 11.4 Å². The van der Waals surface area contributed by atoms with E-state index >= 15 is 0 Å². The van der Waals surface area contributed by atoms with E-state index < -0.39 is 5.97 Å². The smallest absolute Gasteiger partial charge is 0.356 e. The molecule has 0 fully saturated rings. The first-order valence-corrected chi connectivity index (χ1v) is 5.77. The number of imidazole rings is 1. The minimum atomic E-state index is -1.13. The van der Waals surface area contributed by atoms with Crippen LogP contribution in [-0.4, -0.2) is 33.6 Å². The Morgan fingerprint density at radius 1 is 1.45 bits per heavy atom. The molecule has 0 aliphatic carbocycles. The lowest BCUT2D eigenvalue weighted by atomic mass is 10.3. The van der Waals surface area contributed by atoms with Crippen molar-refractivity contribution in [1.82, 2.24) is 9.55 Å². The molecule has 2 N–H and O–H groups in total. The Balaban J connectivity index is 1.99. The van der Waals surface area contributed by atoms with Crippen molar-refractivity contribution in [2.24, 2.45) is 0 Å². The molecule has 104 valence electrons. The fourth-order valence-corrected chi connectivity index (χ4v) is 1.62. The Kier molecular flexibility index (Phi) is 3.99. The first-order chi connectivity index (χ1) is 9.58. The van der Waals surface area contributed by atoms with Crippen LogP contribution in [0.1, 0.15) is 10.5 Å². The fraction of sp³-hybridized carbons (Fsp3) is 0.154. The summed E-state index contributed by atoms with van der Waals surface area (Å²) in [7, 11) is 1.54. The highest BCUT2D eigenvalue weighted by Gasteiger charge is 2.09. The highest BCUT2D eigenvalue weighted by molar-refractivity contribution is 5.91. The van der Waals surface area contributed by atoms with Crippen LogP contribution < -0.4 is 10.1 Å². The largest absolute Gasteiger partial charge is 0.497 e. The van der Waals surface area contributed by atoms with Gasteiger partial charge in [-0.1, -0.05) is 6.07 Å². The molecule has 1 aromatic heterocycles. The summed E-state index contributed by atoms with van der Waals surface area (Å²) in [5.41, 5.74) is 0.507. The zero-order valence-electron chi connectivity index (χ0n) is 10.7. The van der Waals surface area contributed by atoms with Gasteiger partial charge in [0.2, 0.25) is 5.91 Å². The van der Waals surface area contributed by atoms with E-state index in [2.05, 4.69) is 10.3 Å². The molecule has 0 saturated heterocycles. The van der Waals surface area contributed by atoms with E-state index in [4.69, 9.17) is 9.84 Å². The van der Waals surface area contributed by atoms with E-state index in [1.54, 1.807) is 31.4 Å². The number of anilines is 1. The molecule has 7 heteroatoms. The molecule has 2 aromatic rings. The lowest BCUT2D eigenvalue weighted by Crippen LogP contribution is -2.17. The second kappa shape index (κ2) is 5.87. The summed E-state index contributed by atoms with van der Waals surface area (Å²) in [6.45, 7) is -0.0164. The average molecular weight is 275 g/mol. The van der Waals surface area contributed by atoms with Gasteiger partial charge in [-0.25, -0.2) is 9.78 Å². The number of methoxy groups -OCH3 is 1. The number of rotatable bonds is 5. The van der Waals surface area contributed by atoms with Crippen molar-refractivity contribution >= 4 is 17.6 Å². The van der Waals surface area contributed by atoms with Crippen molar-refractivity contribution in [3.05, 3.63) is 42.5 Å². The zero-order valence-corrected chi connectivity index (χ0v) is 10.7. The van der Waals surface area contributed by atoms with Gasteiger partial charge in [-0.2, -0.15) is 0 Å². The number of hydrogen-bond donors (Lipinski definition) is 2. The Hall–Kier alpha value is -2.83. The van der Waals surface area contributed by atoms with E-state index in [0.717, 1.165) is 0 Å². The number of ether oxygens (including phenoxy) is 1. The number of nitrogens with one attached hydrogen (secondary N) is 1.